The quantitative estimate of drug-likeness (QED) is 0.552. The molecule has 1 nitrogen and oxygen atoms in total. The summed E-state index contributed by atoms with van der Waals surface area (Å²) in [6.07, 6.45) is -7.80. The number of rotatable bonds is 4. The second-order valence-corrected chi connectivity index (χ2v) is 4.31. The lowest BCUT2D eigenvalue weighted by molar-refractivity contribution is -0.388. The Bertz CT molecular complexity index is 623. The van der Waals surface area contributed by atoms with Gasteiger partial charge >= 0.3 is 23.9 Å². The highest BCUT2D eigenvalue weighted by Crippen LogP contribution is 2.53. The Morgan fingerprint density at radius 1 is 0.826 bits per heavy atom. The first-order valence-electron chi connectivity index (χ1n) is 5.66. The van der Waals surface area contributed by atoms with Crippen LogP contribution in [-0.4, -0.2) is 23.9 Å². The number of hydrogen-bond acceptors (Lipinski definition) is 1. The van der Waals surface area contributed by atoms with Crippen LogP contribution in [0.25, 0.3) is 5.57 Å². The molecule has 0 aliphatic rings. The average Bonchev–Trinajstić information content (AvgIpc) is 2.44. The number of halogens is 9. The van der Waals surface area contributed by atoms with Gasteiger partial charge in [-0.1, -0.05) is 30.3 Å². The van der Waals surface area contributed by atoms with Crippen LogP contribution in [-0.2, 0) is 0 Å². The lowest BCUT2D eigenvalue weighted by atomic mass is 9.98. The molecular formula is C13H6F9N. The Balaban J connectivity index is 3.40. The van der Waals surface area contributed by atoms with Crippen LogP contribution in [0.1, 0.15) is 5.56 Å². The molecule has 23 heavy (non-hydrogen) atoms. The molecule has 1 aromatic carbocycles. The zero-order valence-corrected chi connectivity index (χ0v) is 10.8. The summed E-state index contributed by atoms with van der Waals surface area (Å²) in [5, 5.41) is 8.66. The molecule has 0 amide bonds. The standard InChI is InChI=1S/C13H6F9N/c14-10(15,11(16,17)12(18,19)13(20,21)22)6-9(7-23)8-4-2-1-3-5-8/h1-6H/b9-6-. The zero-order valence-electron chi connectivity index (χ0n) is 10.8. The number of hydrogen-bond donors (Lipinski definition) is 0. The van der Waals surface area contributed by atoms with E-state index in [1.54, 1.807) is 0 Å². The molecule has 0 heterocycles. The molecule has 0 fully saturated rings. The normalized spacial score (nSPS) is 14.5. The summed E-state index contributed by atoms with van der Waals surface area (Å²) in [4.78, 5) is 0. The molecule has 1 rings (SSSR count). The van der Waals surface area contributed by atoms with Gasteiger partial charge in [0, 0.05) is 6.08 Å². The fourth-order valence-corrected chi connectivity index (χ4v) is 1.46. The van der Waals surface area contributed by atoms with Crippen molar-refractivity contribution in [3.8, 4) is 6.07 Å². The van der Waals surface area contributed by atoms with Crippen LogP contribution in [0, 0.1) is 11.3 Å². The molecule has 0 saturated heterocycles. The Labute approximate surface area is 123 Å². The van der Waals surface area contributed by atoms with Gasteiger partial charge in [0.15, 0.2) is 0 Å². The molecule has 0 saturated carbocycles. The summed E-state index contributed by atoms with van der Waals surface area (Å²) in [5.74, 6) is -19.7. The molecular weight excluding hydrogens is 341 g/mol. The molecule has 0 spiro atoms. The van der Waals surface area contributed by atoms with E-state index < -0.39 is 35.6 Å². The highest BCUT2D eigenvalue weighted by Gasteiger charge is 2.81. The predicted molar refractivity (Wildman–Crippen MR) is 60.9 cm³/mol. The van der Waals surface area contributed by atoms with E-state index in [1.165, 1.54) is 18.2 Å². The third kappa shape index (κ3) is 3.28. The van der Waals surface area contributed by atoms with E-state index >= 15 is 0 Å². The van der Waals surface area contributed by atoms with Gasteiger partial charge < -0.3 is 0 Å². The van der Waals surface area contributed by atoms with Gasteiger partial charge in [-0.15, -0.1) is 0 Å². The minimum Gasteiger partial charge on any atom is -0.195 e. The van der Waals surface area contributed by atoms with Crippen molar-refractivity contribution < 1.29 is 39.5 Å². The zero-order chi connectivity index (χ0) is 18.1. The third-order valence-corrected chi connectivity index (χ3v) is 2.70. The maximum absolute atomic E-state index is 13.4. The third-order valence-electron chi connectivity index (χ3n) is 2.70. The van der Waals surface area contributed by atoms with E-state index in [4.69, 9.17) is 5.26 Å². The van der Waals surface area contributed by atoms with Crippen molar-refractivity contribution in [1.82, 2.24) is 0 Å². The minimum absolute atomic E-state index is 0.346. The SMILES string of the molecule is N#C/C(=C/C(F)(F)C(F)(F)C(F)(F)C(F)(F)F)c1ccccc1. The number of alkyl halides is 9. The molecule has 1 aromatic rings. The van der Waals surface area contributed by atoms with E-state index in [0.717, 1.165) is 18.2 Å². The number of nitriles is 1. The van der Waals surface area contributed by atoms with Crippen LogP contribution in [0.3, 0.4) is 0 Å². The van der Waals surface area contributed by atoms with Crippen LogP contribution < -0.4 is 0 Å². The first-order chi connectivity index (χ1) is 10.3. The van der Waals surface area contributed by atoms with Crippen molar-refractivity contribution in [3.63, 3.8) is 0 Å². The Morgan fingerprint density at radius 3 is 1.70 bits per heavy atom. The van der Waals surface area contributed by atoms with Gasteiger partial charge in [0.1, 0.15) is 0 Å². The largest absolute Gasteiger partial charge is 0.460 e. The molecule has 0 aliphatic carbocycles. The summed E-state index contributed by atoms with van der Waals surface area (Å²) >= 11 is 0. The number of benzene rings is 1. The van der Waals surface area contributed by atoms with Gasteiger partial charge in [-0.3, -0.25) is 0 Å². The summed E-state index contributed by atoms with van der Waals surface area (Å²) in [5.41, 5.74) is -1.52. The van der Waals surface area contributed by atoms with Gasteiger partial charge in [-0.25, -0.2) is 0 Å². The fraction of sp³-hybridized carbons (Fsp3) is 0.308. The van der Waals surface area contributed by atoms with Crippen molar-refractivity contribution in [2.45, 2.75) is 23.9 Å². The van der Waals surface area contributed by atoms with E-state index in [2.05, 4.69) is 0 Å². The molecule has 0 unspecified atom stereocenters. The molecule has 0 N–H and O–H groups in total. The van der Waals surface area contributed by atoms with Crippen molar-refractivity contribution >= 4 is 5.57 Å². The van der Waals surface area contributed by atoms with Crippen molar-refractivity contribution in [3.05, 3.63) is 42.0 Å². The van der Waals surface area contributed by atoms with Crippen molar-refractivity contribution in [2.24, 2.45) is 0 Å². The first kappa shape index (κ1) is 18.9. The highest BCUT2D eigenvalue weighted by molar-refractivity contribution is 5.77. The molecule has 0 bridgehead atoms. The van der Waals surface area contributed by atoms with Gasteiger partial charge in [-0.2, -0.15) is 44.8 Å². The Morgan fingerprint density at radius 2 is 1.30 bits per heavy atom. The summed E-state index contributed by atoms with van der Waals surface area (Å²) in [6.45, 7) is 0. The van der Waals surface area contributed by atoms with Gasteiger partial charge in [0.05, 0.1) is 11.6 Å². The first-order valence-corrected chi connectivity index (χ1v) is 5.66. The van der Waals surface area contributed by atoms with E-state index in [9.17, 15) is 39.5 Å². The second-order valence-electron chi connectivity index (χ2n) is 4.31. The maximum atomic E-state index is 13.4. The molecule has 10 heteroatoms. The highest BCUT2D eigenvalue weighted by atomic mass is 19.4. The topological polar surface area (TPSA) is 23.8 Å². The molecule has 0 atom stereocenters. The Hall–Kier alpha value is -2.18. The van der Waals surface area contributed by atoms with E-state index in [1.807, 2.05) is 0 Å². The van der Waals surface area contributed by atoms with E-state index in [0.29, 0.717) is 0 Å². The Kier molecular flexibility index (Phi) is 4.75. The predicted octanol–water partition coefficient (Wildman–Crippen LogP) is 5.06. The minimum atomic E-state index is -6.99. The van der Waals surface area contributed by atoms with E-state index in [-0.39, 0.29) is 5.56 Å². The molecule has 126 valence electrons. The van der Waals surface area contributed by atoms with Crippen molar-refractivity contribution in [2.75, 3.05) is 0 Å². The maximum Gasteiger partial charge on any atom is 0.460 e. The second kappa shape index (κ2) is 5.79. The molecule has 0 aromatic heterocycles. The smallest absolute Gasteiger partial charge is 0.195 e. The number of allylic oxidation sites excluding steroid dienone is 2. The van der Waals surface area contributed by atoms with Crippen LogP contribution in [0.4, 0.5) is 39.5 Å². The van der Waals surface area contributed by atoms with Crippen LogP contribution >= 0.6 is 0 Å². The summed E-state index contributed by atoms with van der Waals surface area (Å²) in [6, 6.07) is 6.92. The molecule has 0 radical (unpaired) electrons. The van der Waals surface area contributed by atoms with Gasteiger partial charge in [0.25, 0.3) is 0 Å². The van der Waals surface area contributed by atoms with Gasteiger partial charge in [-0.05, 0) is 5.56 Å². The summed E-state index contributed by atoms with van der Waals surface area (Å²) < 4.78 is 114. The number of nitrogens with zero attached hydrogens (tertiary/aromatic N) is 1. The monoisotopic (exact) mass is 347 g/mol. The van der Waals surface area contributed by atoms with Crippen molar-refractivity contribution in [1.29, 1.82) is 5.26 Å². The van der Waals surface area contributed by atoms with Crippen LogP contribution in [0.15, 0.2) is 36.4 Å². The average molecular weight is 347 g/mol. The van der Waals surface area contributed by atoms with Crippen LogP contribution in [0.2, 0.25) is 0 Å². The van der Waals surface area contributed by atoms with Crippen LogP contribution in [0.5, 0.6) is 0 Å². The lowest BCUT2D eigenvalue weighted by Crippen LogP contribution is -2.60. The van der Waals surface area contributed by atoms with Gasteiger partial charge in [0.2, 0.25) is 0 Å². The summed E-state index contributed by atoms with van der Waals surface area (Å²) in [7, 11) is 0. The molecule has 0 aliphatic heterocycles. The lowest BCUT2D eigenvalue weighted by Gasteiger charge is -2.32. The fourth-order valence-electron chi connectivity index (χ4n) is 1.46.